The van der Waals surface area contributed by atoms with Gasteiger partial charge < -0.3 is 5.11 Å². The predicted octanol–water partition coefficient (Wildman–Crippen LogP) is 1.18. The first-order valence-electron chi connectivity index (χ1n) is 4.23. The molecule has 3 heteroatoms. The van der Waals surface area contributed by atoms with Crippen LogP contribution in [0.15, 0.2) is 18.5 Å². The van der Waals surface area contributed by atoms with E-state index in [0.29, 0.717) is 0 Å². The van der Waals surface area contributed by atoms with Gasteiger partial charge in [0.1, 0.15) is 5.82 Å². The molecule has 1 N–H and O–H groups in total. The summed E-state index contributed by atoms with van der Waals surface area (Å²) in [6, 6.07) is 1.80. The molecule has 0 aromatic carbocycles. The molecule has 0 radical (unpaired) electrons. The largest absolute Gasteiger partial charge is 0.393 e. The van der Waals surface area contributed by atoms with E-state index in [2.05, 4.69) is 9.97 Å². The van der Waals surface area contributed by atoms with Crippen LogP contribution in [0.2, 0.25) is 0 Å². The van der Waals surface area contributed by atoms with Gasteiger partial charge in [-0.25, -0.2) is 9.97 Å². The van der Waals surface area contributed by atoms with Gasteiger partial charge in [-0.2, -0.15) is 0 Å². The molecule has 1 rings (SSSR count). The average molecular weight is 166 g/mol. The van der Waals surface area contributed by atoms with Gasteiger partial charge in [0, 0.05) is 18.8 Å². The Bertz CT molecular complexity index is 211. The van der Waals surface area contributed by atoms with Gasteiger partial charge >= 0.3 is 0 Å². The van der Waals surface area contributed by atoms with Crippen LogP contribution in [0.3, 0.4) is 0 Å². The number of aromatic nitrogens is 2. The summed E-state index contributed by atoms with van der Waals surface area (Å²) in [7, 11) is 0. The minimum atomic E-state index is -0.214. The minimum Gasteiger partial charge on any atom is -0.393 e. The monoisotopic (exact) mass is 166 g/mol. The fourth-order valence-corrected chi connectivity index (χ4v) is 1.01. The lowest BCUT2D eigenvalue weighted by Crippen LogP contribution is -2.01. The summed E-state index contributed by atoms with van der Waals surface area (Å²) in [6.07, 6.45) is 5.88. The SMILES string of the molecule is CC(O)CCCc1ncccn1. The second-order valence-corrected chi connectivity index (χ2v) is 2.91. The van der Waals surface area contributed by atoms with Crippen molar-refractivity contribution in [3.05, 3.63) is 24.3 Å². The molecule has 1 aromatic heterocycles. The summed E-state index contributed by atoms with van der Waals surface area (Å²) in [4.78, 5) is 8.17. The van der Waals surface area contributed by atoms with Crippen molar-refractivity contribution in [1.29, 1.82) is 0 Å². The number of aliphatic hydroxyl groups excluding tert-OH is 1. The number of hydrogen-bond acceptors (Lipinski definition) is 3. The number of hydrogen-bond donors (Lipinski definition) is 1. The number of rotatable bonds is 4. The van der Waals surface area contributed by atoms with E-state index in [1.54, 1.807) is 25.4 Å². The maximum absolute atomic E-state index is 8.99. The van der Waals surface area contributed by atoms with E-state index >= 15 is 0 Å². The Labute approximate surface area is 72.5 Å². The van der Waals surface area contributed by atoms with Crippen molar-refractivity contribution in [1.82, 2.24) is 9.97 Å². The molecule has 12 heavy (non-hydrogen) atoms. The minimum absolute atomic E-state index is 0.214. The van der Waals surface area contributed by atoms with Gasteiger partial charge in [-0.3, -0.25) is 0 Å². The second-order valence-electron chi connectivity index (χ2n) is 2.91. The molecule has 0 fully saturated rings. The third kappa shape index (κ3) is 3.44. The lowest BCUT2D eigenvalue weighted by Gasteiger charge is -2.01. The zero-order valence-corrected chi connectivity index (χ0v) is 7.27. The average Bonchev–Trinajstić information content (AvgIpc) is 2.05. The Balaban J connectivity index is 2.25. The van der Waals surface area contributed by atoms with Gasteiger partial charge in [0.2, 0.25) is 0 Å². The Hall–Kier alpha value is -0.960. The van der Waals surface area contributed by atoms with E-state index in [4.69, 9.17) is 5.11 Å². The van der Waals surface area contributed by atoms with Crippen LogP contribution in [0.4, 0.5) is 0 Å². The van der Waals surface area contributed by atoms with Crippen LogP contribution in [-0.4, -0.2) is 21.2 Å². The highest BCUT2D eigenvalue weighted by molar-refractivity contribution is 4.88. The van der Waals surface area contributed by atoms with Crippen LogP contribution >= 0.6 is 0 Å². The fraction of sp³-hybridized carbons (Fsp3) is 0.556. The third-order valence-electron chi connectivity index (χ3n) is 1.64. The third-order valence-corrected chi connectivity index (χ3v) is 1.64. The highest BCUT2D eigenvalue weighted by Crippen LogP contribution is 2.00. The molecule has 0 saturated carbocycles. The summed E-state index contributed by atoms with van der Waals surface area (Å²) >= 11 is 0. The van der Waals surface area contributed by atoms with Crippen molar-refractivity contribution in [2.45, 2.75) is 32.3 Å². The van der Waals surface area contributed by atoms with E-state index < -0.39 is 0 Å². The first-order valence-corrected chi connectivity index (χ1v) is 4.23. The summed E-state index contributed by atoms with van der Waals surface area (Å²) in [5.74, 6) is 0.859. The molecule has 0 aliphatic rings. The molecule has 3 nitrogen and oxygen atoms in total. The first kappa shape index (κ1) is 9.13. The Morgan fingerprint density at radius 1 is 1.42 bits per heavy atom. The van der Waals surface area contributed by atoms with Crippen molar-refractivity contribution in [2.24, 2.45) is 0 Å². The lowest BCUT2D eigenvalue weighted by molar-refractivity contribution is 0.181. The molecular formula is C9H14N2O. The Morgan fingerprint density at radius 2 is 2.08 bits per heavy atom. The Morgan fingerprint density at radius 3 is 2.67 bits per heavy atom. The molecule has 0 aliphatic heterocycles. The molecule has 0 amide bonds. The predicted molar refractivity (Wildman–Crippen MR) is 46.7 cm³/mol. The lowest BCUT2D eigenvalue weighted by atomic mass is 10.2. The van der Waals surface area contributed by atoms with Gasteiger partial charge in [-0.15, -0.1) is 0 Å². The van der Waals surface area contributed by atoms with Crippen LogP contribution in [0.1, 0.15) is 25.6 Å². The quantitative estimate of drug-likeness (QED) is 0.730. The molecule has 0 spiro atoms. The fourth-order valence-electron chi connectivity index (χ4n) is 1.01. The van der Waals surface area contributed by atoms with Crippen molar-refractivity contribution in [3.8, 4) is 0 Å². The normalized spacial score (nSPS) is 12.8. The van der Waals surface area contributed by atoms with Crippen molar-refractivity contribution in [2.75, 3.05) is 0 Å². The maximum atomic E-state index is 8.99. The first-order chi connectivity index (χ1) is 5.79. The molecule has 0 aliphatic carbocycles. The van der Waals surface area contributed by atoms with Crippen LogP contribution in [-0.2, 0) is 6.42 Å². The van der Waals surface area contributed by atoms with Crippen molar-refractivity contribution in [3.63, 3.8) is 0 Å². The van der Waals surface area contributed by atoms with E-state index in [1.807, 2.05) is 0 Å². The molecule has 66 valence electrons. The van der Waals surface area contributed by atoms with E-state index in [0.717, 1.165) is 25.1 Å². The van der Waals surface area contributed by atoms with Crippen molar-refractivity contribution >= 4 is 0 Å². The van der Waals surface area contributed by atoms with Gasteiger partial charge in [0.25, 0.3) is 0 Å². The maximum Gasteiger partial charge on any atom is 0.128 e. The zero-order valence-electron chi connectivity index (χ0n) is 7.27. The van der Waals surface area contributed by atoms with Gasteiger partial charge in [0.05, 0.1) is 6.10 Å². The van der Waals surface area contributed by atoms with E-state index in [-0.39, 0.29) is 6.10 Å². The second kappa shape index (κ2) is 4.83. The molecule has 0 saturated heterocycles. The van der Waals surface area contributed by atoms with Gasteiger partial charge in [-0.05, 0) is 25.8 Å². The summed E-state index contributed by atoms with van der Waals surface area (Å²) < 4.78 is 0. The molecule has 1 unspecified atom stereocenters. The summed E-state index contributed by atoms with van der Waals surface area (Å²) in [6.45, 7) is 1.80. The van der Waals surface area contributed by atoms with Crippen molar-refractivity contribution < 1.29 is 5.11 Å². The summed E-state index contributed by atoms with van der Waals surface area (Å²) in [5.41, 5.74) is 0. The topological polar surface area (TPSA) is 46.0 Å². The number of aliphatic hydroxyl groups is 1. The number of aryl methyl sites for hydroxylation is 1. The smallest absolute Gasteiger partial charge is 0.128 e. The van der Waals surface area contributed by atoms with E-state index in [1.165, 1.54) is 0 Å². The molecule has 1 heterocycles. The van der Waals surface area contributed by atoms with Gasteiger partial charge in [0.15, 0.2) is 0 Å². The molecule has 0 bridgehead atoms. The molecule has 1 atom stereocenters. The van der Waals surface area contributed by atoms with Crippen LogP contribution < -0.4 is 0 Å². The highest BCUT2D eigenvalue weighted by Gasteiger charge is 1.97. The van der Waals surface area contributed by atoms with Gasteiger partial charge in [-0.1, -0.05) is 0 Å². The van der Waals surface area contributed by atoms with Crippen LogP contribution in [0, 0.1) is 0 Å². The summed E-state index contributed by atoms with van der Waals surface area (Å²) in [5, 5.41) is 8.99. The highest BCUT2D eigenvalue weighted by atomic mass is 16.3. The molecule has 1 aromatic rings. The molecular weight excluding hydrogens is 152 g/mol. The van der Waals surface area contributed by atoms with E-state index in [9.17, 15) is 0 Å². The number of nitrogens with zero attached hydrogens (tertiary/aromatic N) is 2. The Kier molecular flexibility index (Phi) is 3.67. The zero-order chi connectivity index (χ0) is 8.81. The standard InChI is InChI=1S/C9H14N2O/c1-8(12)4-2-5-9-10-6-3-7-11-9/h3,6-8,12H,2,4-5H2,1H3. The van der Waals surface area contributed by atoms with Crippen LogP contribution in [0.5, 0.6) is 0 Å². The van der Waals surface area contributed by atoms with Crippen LogP contribution in [0.25, 0.3) is 0 Å².